The van der Waals surface area contributed by atoms with E-state index in [9.17, 15) is 17.8 Å². The molecule has 0 heterocycles. The first-order valence-electron chi connectivity index (χ1n) is 12.3. The van der Waals surface area contributed by atoms with Gasteiger partial charge in [-0.1, -0.05) is 65.4 Å². The monoisotopic (exact) mass is 603 g/mol. The van der Waals surface area contributed by atoms with Crippen molar-refractivity contribution in [2.45, 2.75) is 25.2 Å². The molecule has 0 radical (unpaired) electrons. The van der Waals surface area contributed by atoms with Gasteiger partial charge < -0.3 is 4.74 Å². The molecule has 11 heteroatoms. The fourth-order valence-corrected chi connectivity index (χ4v) is 6.44. The van der Waals surface area contributed by atoms with Crippen molar-refractivity contribution < 1.29 is 31.6 Å². The van der Waals surface area contributed by atoms with Crippen LogP contribution in [-0.4, -0.2) is 41.0 Å². The lowest BCUT2D eigenvalue weighted by atomic mass is 10.0. The van der Waals surface area contributed by atoms with E-state index in [0.29, 0.717) is 21.8 Å². The minimum Gasteiger partial charge on any atom is -0.461 e. The van der Waals surface area contributed by atoms with Crippen LogP contribution in [0.5, 0.6) is 0 Å². The molecule has 0 aliphatic carbocycles. The minimum absolute atomic E-state index is 0.0225. The maximum atomic E-state index is 13.8. The van der Waals surface area contributed by atoms with Crippen LogP contribution in [0.15, 0.2) is 95.2 Å². The number of aryl methyl sites for hydroxylation is 1. The molecule has 0 unspecified atom stereocenters. The minimum atomic E-state index is -4.14. The van der Waals surface area contributed by atoms with Crippen molar-refractivity contribution in [1.82, 2.24) is 0 Å². The molecule has 8 nitrogen and oxygen atoms in total. The Bertz CT molecular complexity index is 1530. The van der Waals surface area contributed by atoms with Crippen LogP contribution in [0.1, 0.15) is 24.5 Å². The van der Waals surface area contributed by atoms with Crippen LogP contribution in [0.25, 0.3) is 5.57 Å². The molecular weight excluding hydrogens is 573 g/mol. The number of carbonyl (C=O) groups is 1. The molecule has 0 fully saturated rings. The summed E-state index contributed by atoms with van der Waals surface area (Å²) in [5, 5.41) is 0.471. The highest BCUT2D eigenvalue weighted by molar-refractivity contribution is 7.91. The Balaban J connectivity index is 2.31. The van der Waals surface area contributed by atoms with Gasteiger partial charge in [-0.15, -0.1) is 0 Å². The first-order chi connectivity index (χ1) is 19.0. The summed E-state index contributed by atoms with van der Waals surface area (Å²) in [4.78, 5) is 13.6. The average molecular weight is 604 g/mol. The van der Waals surface area contributed by atoms with Gasteiger partial charge in [0.25, 0.3) is 0 Å². The molecule has 0 spiro atoms. The summed E-state index contributed by atoms with van der Waals surface area (Å²) < 4.78 is 57.1. The van der Waals surface area contributed by atoms with Gasteiger partial charge in [0.15, 0.2) is 15.5 Å². The Hall–Kier alpha value is -3.16. The molecule has 0 saturated heterocycles. The van der Waals surface area contributed by atoms with E-state index < -0.39 is 23.6 Å². The van der Waals surface area contributed by atoms with Crippen molar-refractivity contribution in [3.8, 4) is 0 Å². The number of ether oxygens (including phenoxy) is 1. The fraction of sp³-hybridized carbons (Fsp3) is 0.241. The predicted octanol–water partition coefficient (Wildman–Crippen LogP) is 6.85. The van der Waals surface area contributed by atoms with Crippen molar-refractivity contribution >= 4 is 46.4 Å². The van der Waals surface area contributed by atoms with Gasteiger partial charge in [-0.05, 0) is 62.2 Å². The number of esters is 1. The van der Waals surface area contributed by atoms with E-state index in [0.717, 1.165) is 10.2 Å². The number of anilines is 1. The molecule has 40 heavy (non-hydrogen) atoms. The molecule has 0 bridgehead atoms. The summed E-state index contributed by atoms with van der Waals surface area (Å²) >= 11 is 6.10. The highest BCUT2D eigenvalue weighted by Crippen LogP contribution is 2.55. The Morgan fingerprint density at radius 3 is 2.10 bits per heavy atom. The van der Waals surface area contributed by atoms with Gasteiger partial charge in [-0.2, -0.15) is 0 Å². The quantitative estimate of drug-likeness (QED) is 0.0959. The normalized spacial score (nSPS) is 11.4. The summed E-state index contributed by atoms with van der Waals surface area (Å²) in [6, 6.07) is 21.6. The molecule has 212 valence electrons. The van der Waals surface area contributed by atoms with Crippen molar-refractivity contribution in [3.05, 3.63) is 106 Å². The number of hydrogen-bond acceptors (Lipinski definition) is 7. The third kappa shape index (κ3) is 7.73. The summed E-state index contributed by atoms with van der Waals surface area (Å²) in [5.74, 6) is -1.13. The lowest BCUT2D eigenvalue weighted by Gasteiger charge is -2.30. The predicted molar refractivity (Wildman–Crippen MR) is 157 cm³/mol. The second-order valence-electron chi connectivity index (χ2n) is 8.54. The highest BCUT2D eigenvalue weighted by atomic mass is 35.5. The van der Waals surface area contributed by atoms with Crippen LogP contribution >= 0.6 is 19.3 Å². The maximum absolute atomic E-state index is 13.8. The molecule has 0 N–H and O–H groups in total. The lowest BCUT2D eigenvalue weighted by Crippen LogP contribution is -2.27. The van der Waals surface area contributed by atoms with Crippen molar-refractivity contribution in [2.24, 2.45) is 0 Å². The number of rotatable bonds is 12. The van der Waals surface area contributed by atoms with Gasteiger partial charge in [0, 0.05) is 24.8 Å². The Labute approximate surface area is 240 Å². The van der Waals surface area contributed by atoms with Gasteiger partial charge >= 0.3 is 13.7 Å². The molecule has 0 aliphatic heterocycles. The maximum Gasteiger partial charge on any atom is 0.439 e. The zero-order valence-electron chi connectivity index (χ0n) is 22.7. The second kappa shape index (κ2) is 14.0. The Morgan fingerprint density at radius 1 is 0.950 bits per heavy atom. The SMILES string of the molecule is CCOC(=O)C(=C=C(CCS(=O)(=O)c1ccccc1)c1ccc(Cl)cc1)N(c1ccc(C)cc1)P(=O)(OC)OC. The molecular formula is C29H31ClNO7PS. The smallest absolute Gasteiger partial charge is 0.439 e. The number of hydrogen-bond donors (Lipinski definition) is 0. The number of halogens is 1. The highest BCUT2D eigenvalue weighted by Gasteiger charge is 2.38. The number of sulfone groups is 1. The van der Waals surface area contributed by atoms with E-state index in [2.05, 4.69) is 5.73 Å². The number of benzene rings is 3. The lowest BCUT2D eigenvalue weighted by molar-refractivity contribution is -0.138. The second-order valence-corrected chi connectivity index (χ2v) is 13.2. The van der Waals surface area contributed by atoms with E-state index in [-0.39, 0.29) is 29.4 Å². The zero-order chi connectivity index (χ0) is 29.3. The molecule has 0 saturated carbocycles. The van der Waals surface area contributed by atoms with E-state index in [4.69, 9.17) is 25.4 Å². The summed E-state index contributed by atoms with van der Waals surface area (Å²) in [6.45, 7) is 3.54. The van der Waals surface area contributed by atoms with E-state index in [1.807, 2.05) is 6.92 Å². The third-order valence-corrected chi connectivity index (χ3v) is 9.68. The van der Waals surface area contributed by atoms with Crippen LogP contribution < -0.4 is 4.67 Å². The standard InChI is InChI=1S/C29H31ClNO7PS/c1-5-38-29(32)28(31(39(33,36-3)37-4)26-17-11-22(2)12-18-26)21-24(23-13-15-25(30)16-14-23)19-20-40(34,35)27-9-7-6-8-10-27/h6-18H,5,19-20H2,1-4H3. The number of nitrogens with zero attached hydrogens (tertiary/aromatic N) is 1. The van der Waals surface area contributed by atoms with Crippen LogP contribution in [0.3, 0.4) is 0 Å². The molecule has 0 aliphatic rings. The number of carbonyl (C=O) groups excluding carboxylic acids is 1. The summed E-state index contributed by atoms with van der Waals surface area (Å²) in [6.07, 6.45) is -0.0340. The van der Waals surface area contributed by atoms with Gasteiger partial charge in [0.1, 0.15) is 0 Å². The summed E-state index contributed by atoms with van der Waals surface area (Å²) in [7, 11) is -5.42. The van der Waals surface area contributed by atoms with Gasteiger partial charge in [0.05, 0.1) is 22.9 Å². The molecule has 3 aromatic carbocycles. The molecule has 3 rings (SSSR count). The average Bonchev–Trinajstić information content (AvgIpc) is 2.96. The first-order valence-corrected chi connectivity index (χ1v) is 15.9. The van der Waals surface area contributed by atoms with Crippen molar-refractivity contribution in [1.29, 1.82) is 0 Å². The van der Waals surface area contributed by atoms with Crippen molar-refractivity contribution in [2.75, 3.05) is 31.2 Å². The largest absolute Gasteiger partial charge is 0.461 e. The summed E-state index contributed by atoms with van der Waals surface area (Å²) in [5.41, 5.74) is 4.90. The van der Waals surface area contributed by atoms with Gasteiger partial charge in [-0.3, -0.25) is 9.05 Å². The van der Waals surface area contributed by atoms with Crippen LogP contribution in [0.4, 0.5) is 5.69 Å². The molecule has 0 atom stereocenters. The molecule has 3 aromatic rings. The van der Waals surface area contributed by atoms with E-state index in [1.54, 1.807) is 73.7 Å². The Kier molecular flexibility index (Phi) is 10.9. The van der Waals surface area contributed by atoms with Gasteiger partial charge in [-0.25, -0.2) is 22.4 Å². The van der Waals surface area contributed by atoms with E-state index in [1.165, 1.54) is 26.4 Å². The Morgan fingerprint density at radius 2 is 1.55 bits per heavy atom. The molecule has 0 amide bonds. The van der Waals surface area contributed by atoms with Crippen LogP contribution in [0, 0.1) is 6.92 Å². The molecule has 0 aromatic heterocycles. The van der Waals surface area contributed by atoms with Crippen molar-refractivity contribution in [3.63, 3.8) is 0 Å². The van der Waals surface area contributed by atoms with Crippen LogP contribution in [-0.2, 0) is 33.0 Å². The van der Waals surface area contributed by atoms with E-state index >= 15 is 0 Å². The van der Waals surface area contributed by atoms with Crippen LogP contribution in [0.2, 0.25) is 5.02 Å². The fourth-order valence-electron chi connectivity index (χ4n) is 3.76. The van der Waals surface area contributed by atoms with Gasteiger partial charge in [0.2, 0.25) is 0 Å². The topological polar surface area (TPSA) is 99.2 Å². The third-order valence-electron chi connectivity index (χ3n) is 5.85. The zero-order valence-corrected chi connectivity index (χ0v) is 25.1. The first kappa shape index (κ1) is 31.4.